The molecule has 0 radical (unpaired) electrons. The van der Waals surface area contributed by atoms with Crippen molar-refractivity contribution in [3.63, 3.8) is 0 Å². The molecule has 0 saturated heterocycles. The molecule has 12 aromatic rings. The second kappa shape index (κ2) is 13.3. The normalized spacial score (nSPS) is 13.1. The highest BCUT2D eigenvalue weighted by Gasteiger charge is 2.36. The van der Waals surface area contributed by atoms with E-state index < -0.39 is 0 Å². The van der Waals surface area contributed by atoms with Crippen molar-refractivity contribution in [3.05, 3.63) is 211 Å². The highest BCUT2D eigenvalue weighted by molar-refractivity contribution is 7.26. The Morgan fingerprint density at radius 1 is 0.403 bits per heavy atom. The molecule has 0 aliphatic heterocycles. The Morgan fingerprint density at radius 2 is 1.02 bits per heavy atom. The fourth-order valence-electron chi connectivity index (χ4n) is 10.5. The van der Waals surface area contributed by atoms with Crippen LogP contribution in [0.3, 0.4) is 0 Å². The quantitative estimate of drug-likeness (QED) is 0.161. The van der Waals surface area contributed by atoms with Gasteiger partial charge in [-0.15, -0.1) is 11.3 Å². The summed E-state index contributed by atoms with van der Waals surface area (Å²) >= 11 is 1.88. The Kier molecular flexibility index (Phi) is 7.56. The van der Waals surface area contributed by atoms with Gasteiger partial charge in [0.1, 0.15) is 11.2 Å². The second-order valence-electron chi connectivity index (χ2n) is 17.2. The number of anilines is 3. The van der Waals surface area contributed by atoms with E-state index in [1.807, 2.05) is 11.3 Å². The van der Waals surface area contributed by atoms with E-state index in [-0.39, 0.29) is 5.41 Å². The predicted molar refractivity (Wildman–Crippen MR) is 265 cm³/mol. The lowest BCUT2D eigenvalue weighted by Gasteiger charge is -2.29. The molecule has 2 heterocycles. The summed E-state index contributed by atoms with van der Waals surface area (Å²) in [5.41, 5.74) is 14.9. The van der Waals surface area contributed by atoms with Gasteiger partial charge in [0.05, 0.1) is 5.69 Å². The van der Waals surface area contributed by atoms with Crippen LogP contribution in [0, 0.1) is 0 Å². The van der Waals surface area contributed by atoms with Gasteiger partial charge in [0.2, 0.25) is 0 Å². The van der Waals surface area contributed by atoms with E-state index >= 15 is 0 Å². The molecule has 0 fully saturated rings. The minimum atomic E-state index is -0.152. The van der Waals surface area contributed by atoms with Crippen LogP contribution in [-0.2, 0) is 5.41 Å². The predicted octanol–water partition coefficient (Wildman–Crippen LogP) is 17.4. The molecule has 3 heteroatoms. The molecule has 0 N–H and O–H groups in total. The van der Waals surface area contributed by atoms with Gasteiger partial charge in [-0.2, -0.15) is 0 Å². The third kappa shape index (κ3) is 5.09. The van der Waals surface area contributed by atoms with Gasteiger partial charge in [-0.25, -0.2) is 0 Å². The Labute approximate surface area is 363 Å². The van der Waals surface area contributed by atoms with Gasteiger partial charge in [0.25, 0.3) is 0 Å². The van der Waals surface area contributed by atoms with E-state index in [1.54, 1.807) is 0 Å². The third-order valence-corrected chi connectivity index (χ3v) is 14.7. The summed E-state index contributed by atoms with van der Waals surface area (Å²) in [6.45, 7) is 4.72. The van der Waals surface area contributed by atoms with Crippen LogP contribution in [0.15, 0.2) is 205 Å². The number of hydrogen-bond donors (Lipinski definition) is 0. The van der Waals surface area contributed by atoms with Crippen LogP contribution in [0.2, 0.25) is 0 Å². The van der Waals surface area contributed by atoms with E-state index in [0.29, 0.717) is 0 Å². The minimum absolute atomic E-state index is 0.152. The molecule has 0 atom stereocenters. The highest BCUT2D eigenvalue weighted by Crippen LogP contribution is 2.52. The second-order valence-corrected chi connectivity index (χ2v) is 18.2. The van der Waals surface area contributed by atoms with E-state index in [4.69, 9.17) is 4.42 Å². The first kappa shape index (κ1) is 35.3. The first-order valence-electron chi connectivity index (χ1n) is 21.4. The van der Waals surface area contributed by atoms with E-state index in [1.165, 1.54) is 69.7 Å². The average Bonchev–Trinajstić information content (AvgIpc) is 3.98. The Bertz CT molecular complexity index is 3780. The first-order valence-corrected chi connectivity index (χ1v) is 22.2. The van der Waals surface area contributed by atoms with Crippen molar-refractivity contribution < 1.29 is 4.42 Å². The summed E-state index contributed by atoms with van der Waals surface area (Å²) in [7, 11) is 0. The minimum Gasteiger partial charge on any atom is -0.455 e. The van der Waals surface area contributed by atoms with Crippen LogP contribution >= 0.6 is 11.3 Å². The summed E-state index contributed by atoms with van der Waals surface area (Å²) in [5, 5.41) is 9.67. The van der Waals surface area contributed by atoms with Crippen molar-refractivity contribution in [1.82, 2.24) is 0 Å². The number of fused-ring (bicyclic) bond motifs is 14. The van der Waals surface area contributed by atoms with Crippen LogP contribution in [0.5, 0.6) is 0 Å². The molecule has 2 aromatic heterocycles. The molecule has 0 spiro atoms. The van der Waals surface area contributed by atoms with E-state index in [9.17, 15) is 0 Å². The maximum atomic E-state index is 7.17. The zero-order valence-corrected chi connectivity index (χ0v) is 35.1. The van der Waals surface area contributed by atoms with Gasteiger partial charge in [-0.05, 0) is 97.1 Å². The third-order valence-electron chi connectivity index (χ3n) is 13.4. The van der Waals surface area contributed by atoms with Gasteiger partial charge < -0.3 is 9.32 Å². The lowest BCUT2D eigenvalue weighted by molar-refractivity contribution is 0.660. The monoisotopic (exact) mass is 809 g/mol. The maximum Gasteiger partial charge on any atom is 0.143 e. The molecular formula is C59H39NOS. The summed E-state index contributed by atoms with van der Waals surface area (Å²) < 4.78 is 9.80. The molecule has 0 saturated carbocycles. The molecule has 2 nitrogen and oxygen atoms in total. The fourth-order valence-corrected chi connectivity index (χ4v) is 11.8. The number of furan rings is 1. The van der Waals surface area contributed by atoms with Crippen LogP contribution in [-0.4, -0.2) is 0 Å². The molecular weight excluding hydrogens is 771 g/mol. The van der Waals surface area contributed by atoms with Gasteiger partial charge in [0.15, 0.2) is 0 Å². The number of rotatable bonds is 5. The van der Waals surface area contributed by atoms with Crippen LogP contribution in [0.1, 0.15) is 25.0 Å². The van der Waals surface area contributed by atoms with Crippen molar-refractivity contribution in [2.75, 3.05) is 4.90 Å². The average molecular weight is 810 g/mol. The number of benzene rings is 10. The lowest BCUT2D eigenvalue weighted by Crippen LogP contribution is -2.16. The maximum absolute atomic E-state index is 7.17. The molecule has 1 aliphatic rings. The number of nitrogens with zero attached hydrogens (tertiary/aromatic N) is 1. The van der Waals surface area contributed by atoms with Crippen molar-refractivity contribution in [2.24, 2.45) is 0 Å². The summed E-state index contributed by atoms with van der Waals surface area (Å²) in [4.78, 5) is 2.43. The van der Waals surface area contributed by atoms with Crippen LogP contribution in [0.4, 0.5) is 17.1 Å². The molecule has 0 unspecified atom stereocenters. The summed E-state index contributed by atoms with van der Waals surface area (Å²) in [5.74, 6) is 0. The largest absolute Gasteiger partial charge is 0.455 e. The SMILES string of the molecule is CC1(C)c2ccccc2-c2ccc(N(c3ccc(-c4cccc5c4sc4ccccc45)cc3)c3cc(-c4ccccc4)c4c(c3)oc3c5ccccc5c5ccccc5c34)cc21. The van der Waals surface area contributed by atoms with Crippen molar-refractivity contribution >= 4 is 92.1 Å². The van der Waals surface area contributed by atoms with Crippen molar-refractivity contribution in [3.8, 4) is 33.4 Å². The standard InChI is InChI=1S/C59H39NOS/c1-59(2)51-25-12-10-19-44(51)45-32-31-39(34-52(45)59)60(38-29-27-37(28-30-38)41-23-14-24-49-46-20-11-13-26-54(46)62-58(41)49)40-33-50(36-15-4-3-5-16-36)55-53(35-40)61-57-48-22-9-7-18-43(48)42-17-6-8-21-47(42)56(55)57/h3-35H,1-2H3. The smallest absolute Gasteiger partial charge is 0.143 e. The number of hydrogen-bond acceptors (Lipinski definition) is 3. The molecule has 0 bridgehead atoms. The fraction of sp³-hybridized carbons (Fsp3) is 0.0508. The zero-order valence-electron chi connectivity index (χ0n) is 34.3. The zero-order chi connectivity index (χ0) is 41.1. The summed E-state index contributed by atoms with van der Waals surface area (Å²) in [6, 6.07) is 73.5. The van der Waals surface area contributed by atoms with Gasteiger partial charge in [-0.1, -0.05) is 172 Å². The molecule has 292 valence electrons. The van der Waals surface area contributed by atoms with Crippen molar-refractivity contribution in [2.45, 2.75) is 19.3 Å². The topological polar surface area (TPSA) is 16.4 Å². The van der Waals surface area contributed by atoms with Gasteiger partial charge in [-0.3, -0.25) is 0 Å². The highest BCUT2D eigenvalue weighted by atomic mass is 32.1. The molecule has 62 heavy (non-hydrogen) atoms. The van der Waals surface area contributed by atoms with Crippen molar-refractivity contribution in [1.29, 1.82) is 0 Å². The first-order chi connectivity index (χ1) is 30.5. The number of thiophene rings is 1. The Balaban J connectivity index is 1.07. The molecule has 0 amide bonds. The summed E-state index contributed by atoms with van der Waals surface area (Å²) in [6.07, 6.45) is 0. The molecule has 10 aromatic carbocycles. The lowest BCUT2D eigenvalue weighted by atomic mass is 9.82. The van der Waals surface area contributed by atoms with Gasteiger partial charge >= 0.3 is 0 Å². The Morgan fingerprint density at radius 3 is 1.84 bits per heavy atom. The van der Waals surface area contributed by atoms with Crippen LogP contribution in [0.25, 0.3) is 97.0 Å². The van der Waals surface area contributed by atoms with Crippen LogP contribution < -0.4 is 4.90 Å². The van der Waals surface area contributed by atoms with E-state index in [0.717, 1.165) is 55.5 Å². The van der Waals surface area contributed by atoms with E-state index in [2.05, 4.69) is 219 Å². The Hall–Kier alpha value is -7.46. The molecule has 13 rings (SSSR count). The van der Waals surface area contributed by atoms with Gasteiger partial charge in [0, 0.05) is 59.2 Å². The molecule has 1 aliphatic carbocycles.